The highest BCUT2D eigenvalue weighted by Gasteiger charge is 2.20. The molecule has 0 atom stereocenters. The second-order valence-corrected chi connectivity index (χ2v) is 5.71. The molecule has 0 aliphatic carbocycles. The molecular formula is C14H21N3. The minimum atomic E-state index is 0.0883. The molecule has 0 bridgehead atoms. The Morgan fingerprint density at radius 2 is 1.59 bits per heavy atom. The van der Waals surface area contributed by atoms with E-state index in [1.54, 1.807) is 0 Å². The summed E-state index contributed by atoms with van der Waals surface area (Å²) < 4.78 is 4.20. The van der Waals surface area contributed by atoms with Gasteiger partial charge in [-0.15, -0.1) is 0 Å². The zero-order valence-corrected chi connectivity index (χ0v) is 11.6. The first-order valence-corrected chi connectivity index (χ1v) is 6.00. The van der Waals surface area contributed by atoms with E-state index in [0.29, 0.717) is 0 Å². The molecule has 0 N–H and O–H groups in total. The fourth-order valence-electron chi connectivity index (χ4n) is 2.06. The lowest BCUT2D eigenvalue weighted by atomic mass is 9.92. The number of rotatable bonds is 1. The van der Waals surface area contributed by atoms with Crippen molar-refractivity contribution in [3.8, 4) is 5.82 Å². The molecule has 0 saturated carbocycles. The van der Waals surface area contributed by atoms with Crippen molar-refractivity contribution < 1.29 is 0 Å². The zero-order chi connectivity index (χ0) is 12.8. The van der Waals surface area contributed by atoms with E-state index in [9.17, 15) is 0 Å². The van der Waals surface area contributed by atoms with Crippen molar-refractivity contribution in [1.29, 1.82) is 0 Å². The van der Waals surface area contributed by atoms with Crippen LogP contribution in [0.25, 0.3) is 5.82 Å². The Morgan fingerprint density at radius 3 is 2.00 bits per heavy atom. The molecule has 0 aromatic carbocycles. The molecule has 2 rings (SSSR count). The molecule has 2 heterocycles. The van der Waals surface area contributed by atoms with Crippen molar-refractivity contribution in [2.24, 2.45) is 7.05 Å². The zero-order valence-electron chi connectivity index (χ0n) is 11.6. The summed E-state index contributed by atoms with van der Waals surface area (Å²) in [4.78, 5) is 0. The highest BCUT2D eigenvalue weighted by atomic mass is 15.3. The van der Waals surface area contributed by atoms with Gasteiger partial charge in [-0.25, -0.2) is 0 Å². The average Bonchev–Trinajstić information content (AvgIpc) is 2.70. The summed E-state index contributed by atoms with van der Waals surface area (Å²) in [5.74, 6) is 1.13. The van der Waals surface area contributed by atoms with Crippen LogP contribution >= 0.6 is 0 Å². The predicted molar refractivity (Wildman–Crippen MR) is 70.7 cm³/mol. The molecule has 3 nitrogen and oxygen atoms in total. The maximum Gasteiger partial charge on any atom is 0.135 e. The summed E-state index contributed by atoms with van der Waals surface area (Å²) >= 11 is 0. The lowest BCUT2D eigenvalue weighted by Crippen LogP contribution is -2.12. The van der Waals surface area contributed by atoms with Crippen molar-refractivity contribution >= 4 is 0 Å². The van der Waals surface area contributed by atoms with Gasteiger partial charge in [-0.2, -0.15) is 5.10 Å². The minimum absolute atomic E-state index is 0.0883. The van der Waals surface area contributed by atoms with Gasteiger partial charge < -0.3 is 4.57 Å². The van der Waals surface area contributed by atoms with E-state index in [1.165, 1.54) is 11.4 Å². The smallest absolute Gasteiger partial charge is 0.135 e. The van der Waals surface area contributed by atoms with Gasteiger partial charge in [0.15, 0.2) is 0 Å². The van der Waals surface area contributed by atoms with E-state index in [0.717, 1.165) is 11.5 Å². The molecule has 0 aliphatic rings. The third kappa shape index (κ3) is 2.02. The number of hydrogen-bond acceptors (Lipinski definition) is 1. The molecule has 0 aliphatic heterocycles. The summed E-state index contributed by atoms with van der Waals surface area (Å²) in [6, 6.07) is 6.46. The topological polar surface area (TPSA) is 22.8 Å². The van der Waals surface area contributed by atoms with E-state index in [4.69, 9.17) is 0 Å². The summed E-state index contributed by atoms with van der Waals surface area (Å²) in [6.07, 6.45) is 0. The van der Waals surface area contributed by atoms with Gasteiger partial charge >= 0.3 is 0 Å². The molecule has 2 aromatic rings. The molecule has 17 heavy (non-hydrogen) atoms. The van der Waals surface area contributed by atoms with Gasteiger partial charge in [-0.3, -0.25) is 4.68 Å². The second kappa shape index (κ2) is 3.76. The van der Waals surface area contributed by atoms with Crippen LogP contribution in [0.2, 0.25) is 0 Å². The molecule has 92 valence electrons. The molecular weight excluding hydrogens is 210 g/mol. The number of aromatic nitrogens is 3. The molecule has 0 radical (unpaired) electrons. The first-order chi connectivity index (χ1) is 7.80. The van der Waals surface area contributed by atoms with Gasteiger partial charge in [-0.1, -0.05) is 20.8 Å². The van der Waals surface area contributed by atoms with Crippen LogP contribution in [0.3, 0.4) is 0 Å². The Morgan fingerprint density at radius 1 is 1.06 bits per heavy atom. The fraction of sp³-hybridized carbons (Fsp3) is 0.500. The summed E-state index contributed by atoms with van der Waals surface area (Å²) in [5.41, 5.74) is 3.70. The second-order valence-electron chi connectivity index (χ2n) is 5.71. The summed E-state index contributed by atoms with van der Waals surface area (Å²) in [6.45, 7) is 10.8. The number of hydrogen-bond donors (Lipinski definition) is 0. The van der Waals surface area contributed by atoms with E-state index in [2.05, 4.69) is 62.5 Å². The molecule has 0 amide bonds. The fourth-order valence-corrected chi connectivity index (χ4v) is 2.06. The van der Waals surface area contributed by atoms with Crippen LogP contribution in [0.15, 0.2) is 18.2 Å². The SMILES string of the molecule is Cc1ccc(C)n1-c1cc(C(C)(C)C)nn1C. The first kappa shape index (κ1) is 12.0. The Hall–Kier alpha value is -1.51. The van der Waals surface area contributed by atoms with Gasteiger partial charge in [0.25, 0.3) is 0 Å². The van der Waals surface area contributed by atoms with E-state index in [1.807, 2.05) is 11.7 Å². The quantitative estimate of drug-likeness (QED) is 0.739. The Kier molecular flexibility index (Phi) is 2.64. The van der Waals surface area contributed by atoms with Crippen LogP contribution in [0, 0.1) is 13.8 Å². The van der Waals surface area contributed by atoms with Gasteiger partial charge in [0.2, 0.25) is 0 Å². The molecule has 0 spiro atoms. The lowest BCUT2D eigenvalue weighted by molar-refractivity contribution is 0.552. The maximum atomic E-state index is 4.62. The largest absolute Gasteiger partial charge is 0.303 e. The van der Waals surface area contributed by atoms with Gasteiger partial charge in [0.05, 0.1) is 5.69 Å². The third-order valence-corrected chi connectivity index (χ3v) is 3.12. The van der Waals surface area contributed by atoms with Crippen molar-refractivity contribution in [2.75, 3.05) is 0 Å². The summed E-state index contributed by atoms with van der Waals surface area (Å²) in [7, 11) is 2.00. The maximum absolute atomic E-state index is 4.62. The molecule has 0 unspecified atom stereocenters. The predicted octanol–water partition coefficient (Wildman–Crippen LogP) is 3.13. The van der Waals surface area contributed by atoms with Crippen molar-refractivity contribution in [3.63, 3.8) is 0 Å². The molecule has 3 heteroatoms. The lowest BCUT2D eigenvalue weighted by Gasteiger charge is -2.13. The molecule has 2 aromatic heterocycles. The van der Waals surface area contributed by atoms with Gasteiger partial charge in [-0.05, 0) is 26.0 Å². The van der Waals surface area contributed by atoms with Crippen LogP contribution in [0.5, 0.6) is 0 Å². The Bertz CT molecular complexity index is 519. The monoisotopic (exact) mass is 231 g/mol. The Balaban J connectivity index is 2.58. The van der Waals surface area contributed by atoms with Crippen molar-refractivity contribution in [2.45, 2.75) is 40.0 Å². The van der Waals surface area contributed by atoms with Crippen LogP contribution in [-0.2, 0) is 12.5 Å². The third-order valence-electron chi connectivity index (χ3n) is 3.12. The van der Waals surface area contributed by atoms with E-state index >= 15 is 0 Å². The highest BCUT2D eigenvalue weighted by Crippen LogP contribution is 2.24. The van der Waals surface area contributed by atoms with E-state index < -0.39 is 0 Å². The van der Waals surface area contributed by atoms with E-state index in [-0.39, 0.29) is 5.41 Å². The van der Waals surface area contributed by atoms with Crippen LogP contribution in [0.4, 0.5) is 0 Å². The van der Waals surface area contributed by atoms with Crippen LogP contribution in [-0.4, -0.2) is 14.3 Å². The molecule has 0 saturated heterocycles. The van der Waals surface area contributed by atoms with Crippen molar-refractivity contribution in [1.82, 2.24) is 14.3 Å². The first-order valence-electron chi connectivity index (χ1n) is 6.00. The number of nitrogens with zero attached hydrogens (tertiary/aromatic N) is 3. The minimum Gasteiger partial charge on any atom is -0.303 e. The van der Waals surface area contributed by atoms with Gasteiger partial charge in [0, 0.05) is 29.9 Å². The highest BCUT2D eigenvalue weighted by molar-refractivity contribution is 5.35. The summed E-state index contributed by atoms with van der Waals surface area (Å²) in [5, 5.41) is 4.62. The van der Waals surface area contributed by atoms with Crippen LogP contribution < -0.4 is 0 Å². The normalized spacial score (nSPS) is 12.1. The average molecular weight is 231 g/mol. The van der Waals surface area contributed by atoms with Crippen LogP contribution in [0.1, 0.15) is 37.9 Å². The standard InChI is InChI=1S/C14H21N3/c1-10-7-8-11(2)17(10)13-9-12(14(3,4)5)15-16(13)6/h7-9H,1-6H3. The Labute approximate surface area is 103 Å². The molecule has 0 fully saturated rings. The van der Waals surface area contributed by atoms with Crippen molar-refractivity contribution in [3.05, 3.63) is 35.3 Å². The number of aryl methyl sites for hydroxylation is 3. The van der Waals surface area contributed by atoms with Gasteiger partial charge in [0.1, 0.15) is 5.82 Å².